The predicted molar refractivity (Wildman–Crippen MR) is 113 cm³/mol. The van der Waals surface area contributed by atoms with Crippen molar-refractivity contribution in [3.05, 3.63) is 70.8 Å². The molecule has 0 unspecified atom stereocenters. The highest BCUT2D eigenvalue weighted by Gasteiger charge is 2.60. The summed E-state index contributed by atoms with van der Waals surface area (Å²) in [5, 5.41) is 0.559. The topological polar surface area (TPSA) is 63.7 Å². The number of benzene rings is 2. The molecule has 2 aromatic carbocycles. The fourth-order valence-corrected chi connectivity index (χ4v) is 5.24. The van der Waals surface area contributed by atoms with Crippen molar-refractivity contribution >= 4 is 34.9 Å². The molecule has 2 aliphatic carbocycles. The number of carbonyl (C=O) groups excluding carboxylic acids is 3. The third-order valence-corrected chi connectivity index (χ3v) is 6.74. The van der Waals surface area contributed by atoms with E-state index in [1.54, 1.807) is 48.5 Å². The number of ketones is 1. The Morgan fingerprint density at radius 3 is 2.60 bits per heavy atom. The minimum Gasteiger partial charge on any atom is -0.485 e. The molecule has 2 aromatic rings. The van der Waals surface area contributed by atoms with Gasteiger partial charge in [-0.3, -0.25) is 14.4 Å². The van der Waals surface area contributed by atoms with E-state index in [9.17, 15) is 14.4 Å². The van der Waals surface area contributed by atoms with Crippen LogP contribution in [0.1, 0.15) is 23.7 Å². The van der Waals surface area contributed by atoms with Crippen LogP contribution < -0.4 is 9.64 Å². The Hall–Kier alpha value is -2.92. The van der Waals surface area contributed by atoms with Gasteiger partial charge in [0.15, 0.2) is 12.4 Å². The lowest BCUT2D eigenvalue weighted by Crippen LogP contribution is -2.32. The van der Waals surface area contributed by atoms with Gasteiger partial charge in [0.1, 0.15) is 5.75 Å². The lowest BCUT2D eigenvalue weighted by molar-refractivity contribution is -0.123. The Labute approximate surface area is 179 Å². The van der Waals surface area contributed by atoms with Crippen molar-refractivity contribution in [3.63, 3.8) is 0 Å². The molecular formula is C24H20ClNO4. The summed E-state index contributed by atoms with van der Waals surface area (Å²) in [5.74, 6) is -0.153. The van der Waals surface area contributed by atoms with Crippen LogP contribution >= 0.6 is 11.6 Å². The summed E-state index contributed by atoms with van der Waals surface area (Å²) in [6, 6.07) is 13.4. The van der Waals surface area contributed by atoms with Crippen LogP contribution in [0, 0.1) is 23.7 Å². The second kappa shape index (κ2) is 7.10. The lowest BCUT2D eigenvalue weighted by Gasteiger charge is -2.19. The van der Waals surface area contributed by atoms with E-state index in [1.165, 1.54) is 10.5 Å². The largest absolute Gasteiger partial charge is 0.485 e. The van der Waals surface area contributed by atoms with E-state index in [4.69, 9.17) is 16.3 Å². The molecule has 6 heteroatoms. The highest BCUT2D eigenvalue weighted by molar-refractivity contribution is 6.30. The molecule has 5 nitrogen and oxygen atoms in total. The molecule has 1 aliphatic heterocycles. The summed E-state index contributed by atoms with van der Waals surface area (Å²) >= 11 is 5.85. The molecule has 5 rings (SSSR count). The van der Waals surface area contributed by atoms with Crippen molar-refractivity contribution < 1.29 is 19.1 Å². The van der Waals surface area contributed by atoms with Crippen molar-refractivity contribution in [1.29, 1.82) is 0 Å². The normalized spacial score (nSPS) is 26.7. The summed E-state index contributed by atoms with van der Waals surface area (Å²) in [4.78, 5) is 39.8. The Morgan fingerprint density at radius 2 is 1.83 bits per heavy atom. The molecule has 1 saturated heterocycles. The fraction of sp³-hybridized carbons (Fsp3) is 0.292. The quantitative estimate of drug-likeness (QED) is 0.410. The fourth-order valence-electron chi connectivity index (χ4n) is 5.11. The number of hydrogen-bond donors (Lipinski definition) is 0. The number of allylic oxidation sites excluding steroid dienone is 2. The molecule has 0 N–H and O–H groups in total. The Morgan fingerprint density at radius 1 is 1.10 bits per heavy atom. The standard InChI is InChI=1S/C24H20ClNO4/c1-13-9-15-10-19(13)22-21(15)23(28)26(24(22)29)17-3-2-4-18(11-17)30-12-20(27)14-5-7-16(25)8-6-14/h2-9,11,15,19,21-22H,10,12H2,1H3/t15-,19+,21-,22+/m0/s1. The van der Waals surface area contributed by atoms with Crippen LogP contribution in [0.4, 0.5) is 5.69 Å². The first-order chi connectivity index (χ1) is 14.4. The van der Waals surface area contributed by atoms with E-state index in [0.29, 0.717) is 22.0 Å². The van der Waals surface area contributed by atoms with Crippen LogP contribution in [0.15, 0.2) is 60.2 Å². The molecule has 1 saturated carbocycles. The summed E-state index contributed by atoms with van der Waals surface area (Å²) in [6.07, 6.45) is 3.06. The number of carbonyl (C=O) groups is 3. The van der Waals surface area contributed by atoms with Crippen molar-refractivity contribution in [2.24, 2.45) is 23.7 Å². The minimum atomic E-state index is -0.248. The van der Waals surface area contributed by atoms with Gasteiger partial charge >= 0.3 is 0 Å². The number of anilines is 1. The summed E-state index contributed by atoms with van der Waals surface area (Å²) < 4.78 is 5.65. The third-order valence-electron chi connectivity index (χ3n) is 6.49. The number of imide groups is 1. The average molecular weight is 422 g/mol. The number of amides is 2. The molecule has 0 spiro atoms. The van der Waals surface area contributed by atoms with Gasteiger partial charge < -0.3 is 4.74 Å². The van der Waals surface area contributed by atoms with Gasteiger partial charge in [-0.05, 0) is 61.6 Å². The zero-order valence-corrected chi connectivity index (χ0v) is 17.1. The molecule has 2 amide bonds. The van der Waals surface area contributed by atoms with Gasteiger partial charge in [0, 0.05) is 16.7 Å². The van der Waals surface area contributed by atoms with Crippen LogP contribution in [0.3, 0.4) is 0 Å². The predicted octanol–water partition coefficient (Wildman–Crippen LogP) is 4.30. The van der Waals surface area contributed by atoms with Crippen LogP contribution in [-0.2, 0) is 9.59 Å². The number of halogens is 1. The van der Waals surface area contributed by atoms with E-state index in [-0.39, 0.29) is 47.9 Å². The van der Waals surface area contributed by atoms with Gasteiger partial charge in [0.2, 0.25) is 11.8 Å². The maximum atomic E-state index is 13.1. The Kier molecular flexibility index (Phi) is 4.51. The third kappa shape index (κ3) is 2.96. The van der Waals surface area contributed by atoms with Crippen molar-refractivity contribution in [2.45, 2.75) is 13.3 Å². The van der Waals surface area contributed by atoms with E-state index in [0.717, 1.165) is 6.42 Å². The minimum absolute atomic E-state index is 0.126. The van der Waals surface area contributed by atoms with Gasteiger partial charge in [-0.15, -0.1) is 0 Å². The van der Waals surface area contributed by atoms with E-state index in [1.807, 2.05) is 6.92 Å². The number of rotatable bonds is 5. The first kappa shape index (κ1) is 19.1. The monoisotopic (exact) mass is 421 g/mol. The summed E-state index contributed by atoms with van der Waals surface area (Å²) in [6.45, 7) is 1.90. The smallest absolute Gasteiger partial charge is 0.238 e. The highest BCUT2D eigenvalue weighted by atomic mass is 35.5. The number of nitrogens with zero attached hydrogens (tertiary/aromatic N) is 1. The molecule has 0 aromatic heterocycles. The van der Waals surface area contributed by atoms with Crippen LogP contribution in [-0.4, -0.2) is 24.2 Å². The molecule has 152 valence electrons. The molecule has 1 heterocycles. The van der Waals surface area contributed by atoms with Crippen molar-refractivity contribution in [1.82, 2.24) is 0 Å². The summed E-state index contributed by atoms with van der Waals surface area (Å²) in [7, 11) is 0. The molecule has 2 bridgehead atoms. The second-order valence-electron chi connectivity index (χ2n) is 8.20. The first-order valence-corrected chi connectivity index (χ1v) is 10.4. The van der Waals surface area contributed by atoms with E-state index in [2.05, 4.69) is 6.08 Å². The second-order valence-corrected chi connectivity index (χ2v) is 8.63. The van der Waals surface area contributed by atoms with Crippen LogP contribution in [0.2, 0.25) is 5.02 Å². The molecule has 3 aliphatic rings. The van der Waals surface area contributed by atoms with Gasteiger partial charge in [0.05, 0.1) is 17.5 Å². The molecule has 2 fully saturated rings. The zero-order chi connectivity index (χ0) is 21.0. The van der Waals surface area contributed by atoms with Crippen molar-refractivity contribution in [2.75, 3.05) is 11.5 Å². The lowest BCUT2D eigenvalue weighted by atomic mass is 9.82. The van der Waals surface area contributed by atoms with Crippen molar-refractivity contribution in [3.8, 4) is 5.75 Å². The first-order valence-electron chi connectivity index (χ1n) is 10.0. The van der Waals surface area contributed by atoms with Crippen LogP contribution in [0.25, 0.3) is 0 Å². The maximum Gasteiger partial charge on any atom is 0.238 e. The van der Waals surface area contributed by atoms with E-state index < -0.39 is 0 Å². The number of ether oxygens (including phenoxy) is 1. The number of Topliss-reactive ketones (excluding diaryl/α,β-unsaturated/α-hetero) is 1. The highest BCUT2D eigenvalue weighted by Crippen LogP contribution is 2.55. The SMILES string of the molecule is CC1=C[C@H]2C[C@H]1[C@H]1C(=O)N(c3cccc(OCC(=O)c4ccc(Cl)cc4)c3)C(=O)[C@H]12. The molecule has 4 atom stereocenters. The Balaban J connectivity index is 1.32. The summed E-state index contributed by atoms with van der Waals surface area (Å²) in [5.41, 5.74) is 2.22. The van der Waals surface area contributed by atoms with E-state index >= 15 is 0 Å². The molecule has 30 heavy (non-hydrogen) atoms. The van der Waals surface area contributed by atoms with Gasteiger partial charge in [-0.25, -0.2) is 4.90 Å². The molecular weight excluding hydrogens is 402 g/mol. The van der Waals surface area contributed by atoms with Gasteiger partial charge in [-0.1, -0.05) is 29.3 Å². The zero-order valence-electron chi connectivity index (χ0n) is 16.4. The van der Waals surface area contributed by atoms with Crippen LogP contribution in [0.5, 0.6) is 5.75 Å². The Bertz CT molecular complexity index is 1090. The molecule has 0 radical (unpaired) electrons. The number of fused-ring (bicyclic) bond motifs is 5. The maximum absolute atomic E-state index is 13.1. The van der Waals surface area contributed by atoms with Gasteiger partial charge in [0.25, 0.3) is 0 Å². The average Bonchev–Trinajstić information content (AvgIpc) is 3.37. The van der Waals surface area contributed by atoms with Gasteiger partial charge in [-0.2, -0.15) is 0 Å². The number of hydrogen-bond acceptors (Lipinski definition) is 4.